The van der Waals surface area contributed by atoms with E-state index in [1.807, 2.05) is 12.1 Å². The number of hydrogen-bond acceptors (Lipinski definition) is 3. The van der Waals surface area contributed by atoms with Gasteiger partial charge in [-0.1, -0.05) is 6.92 Å². The lowest BCUT2D eigenvalue weighted by atomic mass is 9.55. The van der Waals surface area contributed by atoms with Gasteiger partial charge in [-0.2, -0.15) is 0 Å². The van der Waals surface area contributed by atoms with Crippen LogP contribution in [0.2, 0.25) is 0 Å². The van der Waals surface area contributed by atoms with Gasteiger partial charge in [-0.15, -0.1) is 0 Å². The lowest BCUT2D eigenvalue weighted by Gasteiger charge is -2.50. The van der Waals surface area contributed by atoms with Crippen LogP contribution in [0.4, 0.5) is 5.69 Å². The average molecular weight is 287 g/mol. The first kappa shape index (κ1) is 13.4. The summed E-state index contributed by atoms with van der Waals surface area (Å²) in [5.41, 5.74) is 9.21. The van der Waals surface area contributed by atoms with Crippen molar-refractivity contribution in [2.75, 3.05) is 5.73 Å². The maximum absolute atomic E-state index is 10.4. The Morgan fingerprint density at radius 1 is 1.19 bits per heavy atom. The van der Waals surface area contributed by atoms with Gasteiger partial charge < -0.3 is 15.9 Å². The number of nitrogens with two attached hydrogens (primary N) is 1. The molecule has 0 heterocycles. The normalized spacial score (nSPS) is 41.2. The number of hydrogen-bond donors (Lipinski definition) is 3. The van der Waals surface area contributed by atoms with Gasteiger partial charge in [-0.25, -0.2) is 0 Å². The zero-order valence-corrected chi connectivity index (χ0v) is 12.7. The number of aryl methyl sites for hydroxylation is 1. The molecule has 3 aliphatic carbocycles. The fourth-order valence-corrected chi connectivity index (χ4v) is 5.60. The van der Waals surface area contributed by atoms with Crippen molar-refractivity contribution in [3.8, 4) is 5.75 Å². The number of phenols is 1. The first-order valence-corrected chi connectivity index (χ1v) is 8.30. The Bertz CT molecular complexity index is 585. The standard InChI is InChI=1S/C18H25NO2/c1-18-7-6-11-12(14(18)4-5-17(18)21)3-2-10-8-16(20)15(19)9-13(10)11/h8-9,11-12,14,17,20-21H,2-7,19H2,1H3/t11-,12-,14-,17-,18+/m0/s1. The Morgan fingerprint density at radius 2 is 2.00 bits per heavy atom. The lowest BCUT2D eigenvalue weighted by Crippen LogP contribution is -2.43. The quantitative estimate of drug-likeness (QED) is 0.507. The number of nitrogen functional groups attached to an aromatic ring is 1. The van der Waals surface area contributed by atoms with E-state index in [0.29, 0.717) is 23.4 Å². The van der Waals surface area contributed by atoms with Crippen molar-refractivity contribution in [2.45, 2.75) is 57.5 Å². The largest absolute Gasteiger partial charge is 0.506 e. The van der Waals surface area contributed by atoms with Crippen molar-refractivity contribution < 1.29 is 10.2 Å². The number of benzene rings is 1. The number of rotatable bonds is 0. The number of aromatic hydroxyl groups is 1. The van der Waals surface area contributed by atoms with E-state index < -0.39 is 0 Å². The fraction of sp³-hybridized carbons (Fsp3) is 0.667. The Balaban J connectivity index is 1.73. The Labute approximate surface area is 126 Å². The van der Waals surface area contributed by atoms with E-state index in [2.05, 4.69) is 6.92 Å². The number of anilines is 1. The molecule has 21 heavy (non-hydrogen) atoms. The predicted octanol–water partition coefficient (Wildman–Crippen LogP) is 3.19. The van der Waals surface area contributed by atoms with E-state index in [-0.39, 0.29) is 17.3 Å². The van der Waals surface area contributed by atoms with E-state index in [9.17, 15) is 10.2 Å². The molecule has 5 atom stereocenters. The van der Waals surface area contributed by atoms with Gasteiger partial charge in [0.15, 0.2) is 0 Å². The molecule has 3 heteroatoms. The van der Waals surface area contributed by atoms with E-state index in [4.69, 9.17) is 5.73 Å². The lowest BCUT2D eigenvalue weighted by molar-refractivity contribution is -0.0226. The highest BCUT2D eigenvalue weighted by Gasteiger charge is 2.54. The second-order valence-corrected chi connectivity index (χ2v) is 7.66. The van der Waals surface area contributed by atoms with Gasteiger partial charge in [-0.05, 0) is 85.0 Å². The number of aliphatic hydroxyl groups excluding tert-OH is 1. The first-order valence-electron chi connectivity index (χ1n) is 8.30. The molecule has 0 radical (unpaired) electrons. The summed E-state index contributed by atoms with van der Waals surface area (Å²) in [6.45, 7) is 2.30. The molecule has 0 saturated heterocycles. The van der Waals surface area contributed by atoms with Gasteiger partial charge in [0.25, 0.3) is 0 Å². The SMILES string of the molecule is C[C@@]12CC[C@@H]3c4cc(N)c(O)cc4CC[C@@H]3[C@@H]1CC[C@@H]2O. The molecule has 4 N–H and O–H groups in total. The zero-order chi connectivity index (χ0) is 14.8. The monoisotopic (exact) mass is 287 g/mol. The van der Waals surface area contributed by atoms with Gasteiger partial charge in [-0.3, -0.25) is 0 Å². The molecule has 2 fully saturated rings. The van der Waals surface area contributed by atoms with Crippen LogP contribution in [0, 0.1) is 17.3 Å². The summed E-state index contributed by atoms with van der Waals surface area (Å²) in [6, 6.07) is 3.88. The minimum absolute atomic E-state index is 0.116. The maximum atomic E-state index is 10.4. The number of phenolic OH excluding ortho intramolecular Hbond substituents is 1. The van der Waals surface area contributed by atoms with Crippen molar-refractivity contribution >= 4 is 5.69 Å². The maximum Gasteiger partial charge on any atom is 0.138 e. The van der Waals surface area contributed by atoms with Crippen LogP contribution in [-0.2, 0) is 6.42 Å². The molecule has 0 unspecified atom stereocenters. The van der Waals surface area contributed by atoms with Gasteiger partial charge in [0.05, 0.1) is 11.8 Å². The van der Waals surface area contributed by atoms with Crippen molar-refractivity contribution in [2.24, 2.45) is 17.3 Å². The minimum atomic E-state index is -0.116. The highest BCUT2D eigenvalue weighted by atomic mass is 16.3. The van der Waals surface area contributed by atoms with Gasteiger partial charge in [0, 0.05) is 0 Å². The van der Waals surface area contributed by atoms with E-state index in [0.717, 1.165) is 25.7 Å². The van der Waals surface area contributed by atoms with Crippen molar-refractivity contribution in [1.82, 2.24) is 0 Å². The van der Waals surface area contributed by atoms with Crippen LogP contribution in [0.1, 0.15) is 56.1 Å². The summed E-state index contributed by atoms with van der Waals surface area (Å²) < 4.78 is 0. The smallest absolute Gasteiger partial charge is 0.138 e. The molecule has 0 amide bonds. The van der Waals surface area contributed by atoms with E-state index in [1.165, 1.54) is 24.0 Å². The van der Waals surface area contributed by atoms with E-state index in [1.54, 1.807) is 0 Å². The molecule has 1 aromatic carbocycles. The van der Waals surface area contributed by atoms with Crippen LogP contribution in [-0.4, -0.2) is 16.3 Å². The van der Waals surface area contributed by atoms with Crippen LogP contribution in [0.3, 0.4) is 0 Å². The van der Waals surface area contributed by atoms with E-state index >= 15 is 0 Å². The Kier molecular flexibility index (Phi) is 2.81. The number of aliphatic hydroxyl groups is 1. The minimum Gasteiger partial charge on any atom is -0.506 e. The number of fused-ring (bicyclic) bond motifs is 5. The summed E-state index contributed by atoms with van der Waals surface area (Å²) in [7, 11) is 0. The summed E-state index contributed by atoms with van der Waals surface area (Å²) in [5, 5.41) is 20.2. The molecular formula is C18H25NO2. The topological polar surface area (TPSA) is 66.5 Å². The molecule has 0 spiro atoms. The third kappa shape index (κ3) is 1.76. The van der Waals surface area contributed by atoms with Crippen LogP contribution in [0.15, 0.2) is 12.1 Å². The third-order valence-corrected chi connectivity index (χ3v) is 6.82. The fourth-order valence-electron chi connectivity index (χ4n) is 5.60. The highest BCUT2D eigenvalue weighted by Crippen LogP contribution is 2.61. The molecule has 3 nitrogen and oxygen atoms in total. The molecular weight excluding hydrogens is 262 g/mol. The van der Waals surface area contributed by atoms with Crippen LogP contribution >= 0.6 is 0 Å². The summed E-state index contributed by atoms with van der Waals surface area (Å²) in [4.78, 5) is 0. The summed E-state index contributed by atoms with van der Waals surface area (Å²) >= 11 is 0. The Hall–Kier alpha value is -1.22. The molecule has 0 aromatic heterocycles. The average Bonchev–Trinajstić information content (AvgIpc) is 2.76. The zero-order valence-electron chi connectivity index (χ0n) is 12.7. The molecule has 4 rings (SSSR count). The predicted molar refractivity (Wildman–Crippen MR) is 83.1 cm³/mol. The second-order valence-electron chi connectivity index (χ2n) is 7.66. The van der Waals surface area contributed by atoms with Crippen LogP contribution in [0.5, 0.6) is 5.75 Å². The van der Waals surface area contributed by atoms with Gasteiger partial charge >= 0.3 is 0 Å². The third-order valence-electron chi connectivity index (χ3n) is 6.82. The second kappa shape index (κ2) is 4.39. The van der Waals surface area contributed by atoms with Crippen LogP contribution in [0.25, 0.3) is 0 Å². The molecule has 0 bridgehead atoms. The van der Waals surface area contributed by atoms with Crippen molar-refractivity contribution in [3.63, 3.8) is 0 Å². The van der Waals surface area contributed by atoms with Gasteiger partial charge in [0.2, 0.25) is 0 Å². The van der Waals surface area contributed by atoms with Gasteiger partial charge in [0.1, 0.15) is 5.75 Å². The summed E-state index contributed by atoms with van der Waals surface area (Å²) in [5.74, 6) is 2.12. The highest BCUT2D eigenvalue weighted by molar-refractivity contribution is 5.57. The molecule has 0 aliphatic heterocycles. The Morgan fingerprint density at radius 3 is 2.81 bits per heavy atom. The van der Waals surface area contributed by atoms with Crippen molar-refractivity contribution in [3.05, 3.63) is 23.3 Å². The molecule has 3 aliphatic rings. The molecule has 1 aromatic rings. The molecule has 114 valence electrons. The summed E-state index contributed by atoms with van der Waals surface area (Å²) in [6.07, 6.45) is 6.50. The van der Waals surface area contributed by atoms with Crippen molar-refractivity contribution in [1.29, 1.82) is 0 Å². The van der Waals surface area contributed by atoms with Crippen LogP contribution < -0.4 is 5.73 Å². The first-order chi connectivity index (χ1) is 10.0. The molecule has 2 saturated carbocycles.